The lowest BCUT2D eigenvalue weighted by Crippen LogP contribution is -2.44. The van der Waals surface area contributed by atoms with Gasteiger partial charge < -0.3 is 25.2 Å². The number of carbonyl (C=O) groups excluding carboxylic acids is 1. The number of nitrogens with two attached hydrogens (primary N) is 1. The van der Waals surface area contributed by atoms with Gasteiger partial charge in [-0.2, -0.15) is 0 Å². The number of methoxy groups -OCH3 is 1. The number of amides is 1. The average Bonchev–Trinajstić information content (AvgIpc) is 2.85. The molecular weight excluding hydrogens is 518 g/mol. The molecule has 3 aromatic carbocycles. The lowest BCUT2D eigenvalue weighted by molar-refractivity contribution is -0.117. The molecule has 39 heavy (non-hydrogen) atoms. The third-order valence-corrected chi connectivity index (χ3v) is 6.62. The summed E-state index contributed by atoms with van der Waals surface area (Å²) < 4.78 is 37.9. The van der Waals surface area contributed by atoms with Crippen molar-refractivity contribution < 1.29 is 27.8 Å². The highest BCUT2D eigenvalue weighted by atomic mass is 32.2. The van der Waals surface area contributed by atoms with Gasteiger partial charge in [-0.15, -0.1) is 0 Å². The van der Waals surface area contributed by atoms with E-state index in [0.717, 1.165) is 17.5 Å². The standard InChI is InChI=1S/C29H37N3O6S/c1-29(2,3)32(25-13-12-23(37-4)15-22(25)17-28(30)34)18-26(33)21-11-14-27(24(16-21)31-39(5,35)36)38-19-20-9-7-6-8-10-20/h6-16,26,31,33H,17-19H2,1-5H3,(H2,30,34). The second kappa shape index (κ2) is 12.4. The molecule has 0 bridgehead atoms. The first kappa shape index (κ1) is 29.8. The van der Waals surface area contributed by atoms with Crippen molar-refractivity contribution >= 4 is 27.3 Å². The van der Waals surface area contributed by atoms with Gasteiger partial charge in [-0.25, -0.2) is 8.42 Å². The number of hydrogen-bond donors (Lipinski definition) is 3. The molecule has 0 aliphatic rings. The highest BCUT2D eigenvalue weighted by molar-refractivity contribution is 7.92. The van der Waals surface area contributed by atoms with E-state index in [4.69, 9.17) is 15.2 Å². The van der Waals surface area contributed by atoms with Crippen molar-refractivity contribution in [1.29, 1.82) is 0 Å². The molecule has 0 fully saturated rings. The molecule has 1 unspecified atom stereocenters. The fraction of sp³-hybridized carbons (Fsp3) is 0.345. The minimum atomic E-state index is -3.62. The molecule has 3 rings (SSSR count). The number of aliphatic hydroxyl groups is 1. The summed E-state index contributed by atoms with van der Waals surface area (Å²) >= 11 is 0. The van der Waals surface area contributed by atoms with Crippen LogP contribution in [0.3, 0.4) is 0 Å². The van der Waals surface area contributed by atoms with Crippen LogP contribution in [-0.2, 0) is 27.8 Å². The summed E-state index contributed by atoms with van der Waals surface area (Å²) in [5.41, 5.74) is 8.12. The number of primary amides is 1. The molecule has 1 atom stereocenters. The lowest BCUT2D eigenvalue weighted by atomic mass is 9.98. The van der Waals surface area contributed by atoms with Crippen LogP contribution in [0, 0.1) is 0 Å². The zero-order chi connectivity index (χ0) is 28.8. The van der Waals surface area contributed by atoms with E-state index in [2.05, 4.69) is 4.72 Å². The van der Waals surface area contributed by atoms with Crippen LogP contribution < -0.4 is 24.8 Å². The highest BCUT2D eigenvalue weighted by Gasteiger charge is 2.28. The number of aliphatic hydroxyl groups excluding tert-OH is 1. The van der Waals surface area contributed by atoms with Gasteiger partial charge in [-0.1, -0.05) is 36.4 Å². The van der Waals surface area contributed by atoms with Crippen molar-refractivity contribution in [1.82, 2.24) is 0 Å². The Kier molecular flexibility index (Phi) is 9.47. The number of β-amino-alcohol motifs (C(OH)–C–C–N with tert-alkyl or cyclic N) is 1. The topological polar surface area (TPSA) is 131 Å². The van der Waals surface area contributed by atoms with Gasteiger partial charge in [0.2, 0.25) is 15.9 Å². The molecule has 10 heteroatoms. The maximum Gasteiger partial charge on any atom is 0.229 e. The quantitative estimate of drug-likeness (QED) is 0.308. The highest BCUT2D eigenvalue weighted by Crippen LogP contribution is 2.35. The molecule has 0 heterocycles. The molecular formula is C29H37N3O6S. The zero-order valence-electron chi connectivity index (χ0n) is 23.0. The van der Waals surface area contributed by atoms with E-state index in [1.165, 1.54) is 0 Å². The number of anilines is 2. The number of nitrogens with zero attached hydrogens (tertiary/aromatic N) is 1. The molecule has 0 saturated carbocycles. The van der Waals surface area contributed by atoms with E-state index in [9.17, 15) is 18.3 Å². The summed E-state index contributed by atoms with van der Waals surface area (Å²) in [6.07, 6.45) is 0.0593. The summed E-state index contributed by atoms with van der Waals surface area (Å²) in [5, 5.41) is 11.3. The Balaban J connectivity index is 1.94. The predicted octanol–water partition coefficient (Wildman–Crippen LogP) is 4.01. The minimum absolute atomic E-state index is 0.00505. The SMILES string of the molecule is COc1ccc(N(CC(O)c2ccc(OCc3ccccc3)c(NS(C)(=O)=O)c2)C(C)(C)C)c(CC(N)=O)c1. The first-order valence-corrected chi connectivity index (χ1v) is 14.4. The van der Waals surface area contributed by atoms with Crippen LogP contribution in [0.15, 0.2) is 66.7 Å². The number of hydrogen-bond acceptors (Lipinski definition) is 7. The molecule has 0 aliphatic carbocycles. The Hall–Kier alpha value is -3.76. The minimum Gasteiger partial charge on any atom is -0.497 e. The van der Waals surface area contributed by atoms with E-state index < -0.39 is 27.6 Å². The third kappa shape index (κ3) is 8.62. The van der Waals surface area contributed by atoms with Gasteiger partial charge in [-0.05, 0) is 67.8 Å². The molecule has 210 valence electrons. The number of carbonyl (C=O) groups is 1. The normalized spacial score (nSPS) is 12.5. The number of benzene rings is 3. The second-order valence-electron chi connectivity index (χ2n) is 10.3. The molecule has 0 radical (unpaired) electrons. The number of nitrogens with one attached hydrogen (secondary N) is 1. The van der Waals surface area contributed by atoms with E-state index in [-0.39, 0.29) is 25.3 Å². The Labute approximate surface area is 230 Å². The number of rotatable bonds is 12. The monoisotopic (exact) mass is 555 g/mol. The van der Waals surface area contributed by atoms with Crippen molar-refractivity contribution in [2.24, 2.45) is 5.73 Å². The van der Waals surface area contributed by atoms with E-state index >= 15 is 0 Å². The van der Waals surface area contributed by atoms with Crippen LogP contribution in [0.4, 0.5) is 11.4 Å². The molecule has 0 aliphatic heterocycles. The van der Waals surface area contributed by atoms with Crippen molar-refractivity contribution in [3.63, 3.8) is 0 Å². The third-order valence-electron chi connectivity index (χ3n) is 6.03. The molecule has 1 amide bonds. The molecule has 0 aromatic heterocycles. The Morgan fingerprint density at radius 2 is 1.77 bits per heavy atom. The summed E-state index contributed by atoms with van der Waals surface area (Å²) in [6.45, 7) is 6.39. The van der Waals surface area contributed by atoms with Crippen LogP contribution in [0.25, 0.3) is 0 Å². The van der Waals surface area contributed by atoms with Crippen LogP contribution >= 0.6 is 0 Å². The van der Waals surface area contributed by atoms with Crippen LogP contribution in [0.1, 0.15) is 43.6 Å². The fourth-order valence-electron chi connectivity index (χ4n) is 4.19. The maximum atomic E-state index is 12.1. The van der Waals surface area contributed by atoms with E-state index in [1.807, 2.05) is 62.1 Å². The molecule has 9 nitrogen and oxygen atoms in total. The molecule has 0 spiro atoms. The Morgan fingerprint density at radius 3 is 2.36 bits per heavy atom. The van der Waals surface area contributed by atoms with Gasteiger partial charge in [0, 0.05) is 17.8 Å². The van der Waals surface area contributed by atoms with Gasteiger partial charge in [-0.3, -0.25) is 9.52 Å². The van der Waals surface area contributed by atoms with Gasteiger partial charge in [0.05, 0.1) is 31.6 Å². The van der Waals surface area contributed by atoms with E-state index in [1.54, 1.807) is 37.4 Å². The number of ether oxygens (including phenoxy) is 2. The maximum absolute atomic E-state index is 12.1. The van der Waals surface area contributed by atoms with Crippen molar-refractivity contribution in [3.8, 4) is 11.5 Å². The molecule has 3 aromatic rings. The summed E-state index contributed by atoms with van der Waals surface area (Å²) in [4.78, 5) is 13.8. The summed E-state index contributed by atoms with van der Waals surface area (Å²) in [7, 11) is -2.07. The Bertz CT molecular complexity index is 1390. The lowest BCUT2D eigenvalue weighted by Gasteiger charge is -2.40. The van der Waals surface area contributed by atoms with Crippen molar-refractivity contribution in [2.45, 2.75) is 45.4 Å². The van der Waals surface area contributed by atoms with Gasteiger partial charge >= 0.3 is 0 Å². The first-order valence-electron chi connectivity index (χ1n) is 12.5. The molecule has 0 saturated heterocycles. The van der Waals surface area contributed by atoms with Gasteiger partial charge in [0.1, 0.15) is 18.1 Å². The summed E-state index contributed by atoms with van der Waals surface area (Å²) in [6, 6.07) is 19.8. The largest absolute Gasteiger partial charge is 0.497 e. The van der Waals surface area contributed by atoms with E-state index in [0.29, 0.717) is 22.6 Å². The van der Waals surface area contributed by atoms with Crippen LogP contribution in [0.5, 0.6) is 11.5 Å². The van der Waals surface area contributed by atoms with Crippen LogP contribution in [-0.4, -0.2) is 44.9 Å². The zero-order valence-corrected chi connectivity index (χ0v) is 23.8. The van der Waals surface area contributed by atoms with Gasteiger partial charge in [0.25, 0.3) is 0 Å². The van der Waals surface area contributed by atoms with Crippen molar-refractivity contribution in [3.05, 3.63) is 83.4 Å². The average molecular weight is 556 g/mol. The van der Waals surface area contributed by atoms with Crippen molar-refractivity contribution in [2.75, 3.05) is 29.5 Å². The van der Waals surface area contributed by atoms with Crippen LogP contribution in [0.2, 0.25) is 0 Å². The number of sulfonamides is 1. The smallest absolute Gasteiger partial charge is 0.229 e. The summed E-state index contributed by atoms with van der Waals surface area (Å²) in [5.74, 6) is 0.445. The fourth-order valence-corrected chi connectivity index (χ4v) is 4.75. The Morgan fingerprint density at radius 1 is 1.08 bits per heavy atom. The molecule has 4 N–H and O–H groups in total. The van der Waals surface area contributed by atoms with Gasteiger partial charge in [0.15, 0.2) is 0 Å². The first-order chi connectivity index (χ1) is 18.3. The second-order valence-corrected chi connectivity index (χ2v) is 12.1. The predicted molar refractivity (Wildman–Crippen MR) is 154 cm³/mol.